The van der Waals surface area contributed by atoms with Crippen LogP contribution in [-0.2, 0) is 0 Å². The molecule has 0 amide bonds. The first-order valence-corrected chi connectivity index (χ1v) is 6.12. The minimum absolute atomic E-state index is 0.0679. The van der Waals surface area contributed by atoms with Crippen molar-refractivity contribution in [1.29, 1.82) is 0 Å². The Kier molecular flexibility index (Phi) is 3.85. The third kappa shape index (κ3) is 2.70. The van der Waals surface area contributed by atoms with Gasteiger partial charge in [-0.2, -0.15) is 0 Å². The molecule has 0 bridgehead atoms. The van der Waals surface area contributed by atoms with E-state index in [-0.39, 0.29) is 22.0 Å². The summed E-state index contributed by atoms with van der Waals surface area (Å²) in [6, 6.07) is 8.16. The van der Waals surface area contributed by atoms with Gasteiger partial charge in [0.25, 0.3) is 0 Å². The molecule has 0 heterocycles. The van der Waals surface area contributed by atoms with E-state index in [1.165, 1.54) is 24.1 Å². The Morgan fingerprint density at radius 1 is 1.15 bits per heavy atom. The summed E-state index contributed by atoms with van der Waals surface area (Å²) in [7, 11) is 1.52. The van der Waals surface area contributed by atoms with E-state index in [0.717, 1.165) is 12.1 Å². The molecular weight excluding hydrogens is 282 g/mol. The first kappa shape index (κ1) is 14.2. The highest BCUT2D eigenvalue weighted by molar-refractivity contribution is 7.80. The lowest BCUT2D eigenvalue weighted by atomic mass is 10.1. The second kappa shape index (κ2) is 5.42. The van der Waals surface area contributed by atoms with Gasteiger partial charge in [0.05, 0.1) is 0 Å². The van der Waals surface area contributed by atoms with Crippen molar-refractivity contribution in [3.8, 4) is 5.75 Å². The molecular formula is C14H12F2N2OS. The first-order chi connectivity index (χ1) is 9.40. The number of nitrogens with zero attached hydrogens (tertiary/aromatic N) is 1. The molecule has 0 unspecified atom stereocenters. The topological polar surface area (TPSA) is 49.5 Å². The molecule has 0 aromatic heterocycles. The molecule has 2 aromatic carbocycles. The Morgan fingerprint density at radius 2 is 1.65 bits per heavy atom. The van der Waals surface area contributed by atoms with E-state index in [1.807, 2.05) is 0 Å². The molecule has 3 N–H and O–H groups in total. The fourth-order valence-electron chi connectivity index (χ4n) is 1.83. The van der Waals surface area contributed by atoms with Gasteiger partial charge in [0.15, 0.2) is 11.6 Å². The summed E-state index contributed by atoms with van der Waals surface area (Å²) in [4.78, 5) is 1.27. The zero-order chi connectivity index (χ0) is 14.9. The highest BCUT2D eigenvalue weighted by Crippen LogP contribution is 2.30. The van der Waals surface area contributed by atoms with Crippen molar-refractivity contribution in [3.05, 3.63) is 53.6 Å². The quantitative estimate of drug-likeness (QED) is 0.854. The van der Waals surface area contributed by atoms with Gasteiger partial charge in [-0.3, -0.25) is 0 Å². The number of nitrogens with two attached hydrogens (primary N) is 1. The normalized spacial score (nSPS) is 10.3. The van der Waals surface area contributed by atoms with E-state index in [0.29, 0.717) is 5.69 Å². The van der Waals surface area contributed by atoms with Gasteiger partial charge in [0.1, 0.15) is 16.4 Å². The lowest BCUT2D eigenvalue weighted by Crippen LogP contribution is -2.16. The number of thiocarbonyl (C=S) groups is 1. The van der Waals surface area contributed by atoms with Crippen molar-refractivity contribution in [3.63, 3.8) is 0 Å². The minimum atomic E-state index is -0.761. The van der Waals surface area contributed by atoms with Crippen molar-refractivity contribution in [2.24, 2.45) is 5.73 Å². The number of phenols is 1. The Balaban J connectivity index is 2.47. The molecule has 6 heteroatoms. The zero-order valence-corrected chi connectivity index (χ0v) is 11.4. The van der Waals surface area contributed by atoms with Crippen LogP contribution in [0.15, 0.2) is 36.4 Å². The predicted octanol–water partition coefficient (Wildman–Crippen LogP) is 3.07. The molecule has 0 aliphatic rings. The van der Waals surface area contributed by atoms with Gasteiger partial charge in [-0.15, -0.1) is 0 Å². The number of anilines is 2. The summed E-state index contributed by atoms with van der Waals surface area (Å²) in [5, 5.41) is 9.22. The standard InChI is InChI=1S/C14H12F2N2OS/c1-18(9-2-4-10(19)5-3-9)13-11(15)6-8(14(17)20)7-12(13)16/h2-7,19H,1H3,(H2,17,20). The smallest absolute Gasteiger partial charge is 0.150 e. The molecule has 3 nitrogen and oxygen atoms in total. The highest BCUT2D eigenvalue weighted by Gasteiger charge is 2.17. The van der Waals surface area contributed by atoms with Crippen LogP contribution in [0.2, 0.25) is 0 Å². The molecule has 2 aromatic rings. The van der Waals surface area contributed by atoms with Gasteiger partial charge in [-0.25, -0.2) is 8.78 Å². The summed E-state index contributed by atoms with van der Waals surface area (Å²) in [6.45, 7) is 0. The number of benzene rings is 2. The third-order valence-corrected chi connectivity index (χ3v) is 3.11. The Morgan fingerprint density at radius 3 is 2.10 bits per heavy atom. The van der Waals surface area contributed by atoms with E-state index in [4.69, 9.17) is 18.0 Å². The summed E-state index contributed by atoms with van der Waals surface area (Å²) >= 11 is 4.70. The minimum Gasteiger partial charge on any atom is -0.508 e. The SMILES string of the molecule is CN(c1ccc(O)cc1)c1c(F)cc(C(N)=S)cc1F. The molecule has 0 saturated heterocycles. The number of rotatable bonds is 3. The summed E-state index contributed by atoms with van der Waals surface area (Å²) < 4.78 is 28.1. The van der Waals surface area contributed by atoms with Crippen LogP contribution in [0.3, 0.4) is 0 Å². The molecule has 0 aliphatic carbocycles. The highest BCUT2D eigenvalue weighted by atomic mass is 32.1. The number of hydrogen-bond acceptors (Lipinski definition) is 3. The molecule has 0 atom stereocenters. The van der Waals surface area contributed by atoms with Crippen LogP contribution in [0.4, 0.5) is 20.2 Å². The van der Waals surface area contributed by atoms with Crippen LogP contribution in [0.5, 0.6) is 5.75 Å². The summed E-state index contributed by atoms with van der Waals surface area (Å²) in [5.74, 6) is -1.45. The summed E-state index contributed by atoms with van der Waals surface area (Å²) in [6.07, 6.45) is 0. The lowest BCUT2D eigenvalue weighted by molar-refractivity contribution is 0.475. The molecule has 20 heavy (non-hydrogen) atoms. The van der Waals surface area contributed by atoms with Crippen molar-refractivity contribution >= 4 is 28.6 Å². The maximum atomic E-state index is 14.0. The summed E-state index contributed by atoms with van der Waals surface area (Å²) in [5.41, 5.74) is 5.82. The third-order valence-electron chi connectivity index (χ3n) is 2.87. The van der Waals surface area contributed by atoms with E-state index in [9.17, 15) is 13.9 Å². The molecule has 0 radical (unpaired) electrons. The van der Waals surface area contributed by atoms with Crippen molar-refractivity contribution in [2.75, 3.05) is 11.9 Å². The molecule has 0 fully saturated rings. The second-order valence-corrected chi connectivity index (χ2v) is 4.67. The van der Waals surface area contributed by atoms with Crippen LogP contribution >= 0.6 is 12.2 Å². The van der Waals surface area contributed by atoms with Crippen molar-refractivity contribution in [1.82, 2.24) is 0 Å². The van der Waals surface area contributed by atoms with Gasteiger partial charge >= 0.3 is 0 Å². The number of hydrogen-bond donors (Lipinski definition) is 2. The average Bonchev–Trinajstić information content (AvgIpc) is 2.38. The molecule has 2 rings (SSSR count). The van der Waals surface area contributed by atoms with E-state index >= 15 is 0 Å². The van der Waals surface area contributed by atoms with Crippen LogP contribution in [0.25, 0.3) is 0 Å². The van der Waals surface area contributed by atoms with Gasteiger partial charge in [-0.05, 0) is 36.4 Å². The molecule has 0 saturated carbocycles. The fourth-order valence-corrected chi connectivity index (χ4v) is 1.95. The van der Waals surface area contributed by atoms with E-state index in [2.05, 4.69) is 0 Å². The number of phenolic OH excluding ortho intramolecular Hbond substituents is 1. The molecule has 0 aliphatic heterocycles. The Bertz CT molecular complexity index is 636. The van der Waals surface area contributed by atoms with E-state index in [1.54, 1.807) is 12.1 Å². The lowest BCUT2D eigenvalue weighted by Gasteiger charge is -2.21. The first-order valence-electron chi connectivity index (χ1n) is 5.71. The largest absolute Gasteiger partial charge is 0.508 e. The molecule has 0 spiro atoms. The maximum Gasteiger partial charge on any atom is 0.150 e. The van der Waals surface area contributed by atoms with Crippen LogP contribution in [0.1, 0.15) is 5.56 Å². The van der Waals surface area contributed by atoms with Crippen molar-refractivity contribution in [2.45, 2.75) is 0 Å². The predicted molar refractivity (Wildman–Crippen MR) is 78.4 cm³/mol. The van der Waals surface area contributed by atoms with Crippen LogP contribution in [0, 0.1) is 11.6 Å². The van der Waals surface area contributed by atoms with Gasteiger partial charge in [0, 0.05) is 18.3 Å². The zero-order valence-electron chi connectivity index (χ0n) is 10.6. The van der Waals surface area contributed by atoms with Crippen molar-refractivity contribution < 1.29 is 13.9 Å². The van der Waals surface area contributed by atoms with Gasteiger partial charge in [0.2, 0.25) is 0 Å². The second-order valence-electron chi connectivity index (χ2n) is 4.23. The van der Waals surface area contributed by atoms with Crippen LogP contribution in [-0.4, -0.2) is 17.1 Å². The number of halogens is 2. The Labute approximate surface area is 120 Å². The van der Waals surface area contributed by atoms with E-state index < -0.39 is 11.6 Å². The van der Waals surface area contributed by atoms with Gasteiger partial charge in [-0.1, -0.05) is 12.2 Å². The average molecular weight is 294 g/mol. The van der Waals surface area contributed by atoms with Gasteiger partial charge < -0.3 is 15.7 Å². The fraction of sp³-hybridized carbons (Fsp3) is 0.0714. The Hall–Kier alpha value is -2.21. The monoisotopic (exact) mass is 294 g/mol. The molecule has 104 valence electrons. The number of aromatic hydroxyl groups is 1. The maximum absolute atomic E-state index is 14.0. The van der Waals surface area contributed by atoms with Crippen LogP contribution < -0.4 is 10.6 Å².